The van der Waals surface area contributed by atoms with Crippen LogP contribution in [-0.4, -0.2) is 26.1 Å². The summed E-state index contributed by atoms with van der Waals surface area (Å²) in [6, 6.07) is 9.90. The molecule has 0 bridgehead atoms. The van der Waals surface area contributed by atoms with Crippen molar-refractivity contribution in [3.05, 3.63) is 58.7 Å². The third kappa shape index (κ3) is 3.02. The van der Waals surface area contributed by atoms with E-state index in [2.05, 4.69) is 36.4 Å². The van der Waals surface area contributed by atoms with Gasteiger partial charge in [0.05, 0.1) is 5.69 Å². The average molecular weight is 332 g/mol. The zero-order chi connectivity index (χ0) is 13.8. The zero-order valence-corrected chi connectivity index (χ0v) is 12.4. The molecule has 0 amide bonds. The lowest BCUT2D eigenvalue weighted by atomic mass is 10.3. The second-order valence-electron chi connectivity index (χ2n) is 4.44. The quantitative estimate of drug-likeness (QED) is 0.728. The Morgan fingerprint density at radius 2 is 2.10 bits per heavy atom. The Balaban J connectivity index is 1.54. The van der Waals surface area contributed by atoms with E-state index < -0.39 is 0 Å². The number of rotatable bonds is 5. The highest BCUT2D eigenvalue weighted by molar-refractivity contribution is 9.10. The normalized spacial score (nSPS) is 11.1. The molecule has 5 nitrogen and oxygen atoms in total. The van der Waals surface area contributed by atoms with Crippen LogP contribution >= 0.6 is 15.9 Å². The first-order valence-corrected chi connectivity index (χ1v) is 7.22. The molecule has 0 spiro atoms. The number of nitrogens with one attached hydrogen (secondary N) is 1. The molecular weight excluding hydrogens is 318 g/mol. The second kappa shape index (κ2) is 6.11. The number of hydrogen-bond donors (Lipinski definition) is 1. The smallest absolute Gasteiger partial charge is 0.160 e. The van der Waals surface area contributed by atoms with Gasteiger partial charge < -0.3 is 5.32 Å². The van der Waals surface area contributed by atoms with Crippen molar-refractivity contribution in [1.29, 1.82) is 0 Å². The van der Waals surface area contributed by atoms with Crippen molar-refractivity contribution in [3.8, 4) is 0 Å². The van der Waals surface area contributed by atoms with Crippen molar-refractivity contribution in [2.24, 2.45) is 0 Å². The van der Waals surface area contributed by atoms with Gasteiger partial charge in [0.1, 0.15) is 5.82 Å². The van der Waals surface area contributed by atoms with Crippen molar-refractivity contribution in [1.82, 2.24) is 24.9 Å². The molecule has 0 saturated carbocycles. The van der Waals surface area contributed by atoms with Crippen LogP contribution in [0, 0.1) is 0 Å². The molecule has 3 heterocycles. The lowest BCUT2D eigenvalue weighted by Crippen LogP contribution is -2.18. The summed E-state index contributed by atoms with van der Waals surface area (Å²) >= 11 is 3.38. The molecule has 0 atom stereocenters. The van der Waals surface area contributed by atoms with Gasteiger partial charge in [0.15, 0.2) is 5.65 Å². The molecule has 6 heteroatoms. The molecule has 0 saturated heterocycles. The lowest BCUT2D eigenvalue weighted by molar-refractivity contribution is 0.657. The molecule has 0 aliphatic heterocycles. The Bertz CT molecular complexity index is 692. The maximum absolute atomic E-state index is 4.32. The minimum atomic E-state index is 0.754. The van der Waals surface area contributed by atoms with Gasteiger partial charge in [0.25, 0.3) is 0 Å². The summed E-state index contributed by atoms with van der Waals surface area (Å²) in [4.78, 5) is 4.32. The summed E-state index contributed by atoms with van der Waals surface area (Å²) in [6.45, 7) is 1.59. The molecule has 1 N–H and O–H groups in total. The summed E-state index contributed by atoms with van der Waals surface area (Å²) in [7, 11) is 0. The van der Waals surface area contributed by atoms with Crippen molar-refractivity contribution < 1.29 is 0 Å². The van der Waals surface area contributed by atoms with E-state index in [1.807, 2.05) is 47.1 Å². The zero-order valence-electron chi connectivity index (χ0n) is 10.8. The Labute approximate surface area is 125 Å². The summed E-state index contributed by atoms with van der Waals surface area (Å²) in [5.41, 5.74) is 1.91. The standard InChI is InChI=1S/C14H14BrN5/c15-11-4-5-12(17-9-11)10-16-7-6-14-19-18-13-3-1-2-8-20(13)14/h1-5,8-9,16H,6-7,10H2. The highest BCUT2D eigenvalue weighted by Gasteiger charge is 2.03. The van der Waals surface area contributed by atoms with Gasteiger partial charge >= 0.3 is 0 Å². The third-order valence-corrected chi connectivity index (χ3v) is 3.47. The Kier molecular flexibility index (Phi) is 4.03. The van der Waals surface area contributed by atoms with Gasteiger partial charge in [-0.2, -0.15) is 0 Å². The molecular formula is C14H14BrN5. The van der Waals surface area contributed by atoms with Gasteiger partial charge in [-0.1, -0.05) is 6.07 Å². The van der Waals surface area contributed by atoms with Gasteiger partial charge in [-0.15, -0.1) is 10.2 Å². The predicted molar refractivity (Wildman–Crippen MR) is 80.3 cm³/mol. The number of aromatic nitrogens is 4. The van der Waals surface area contributed by atoms with Gasteiger partial charge in [-0.25, -0.2) is 0 Å². The minimum Gasteiger partial charge on any atom is -0.311 e. The fraction of sp³-hybridized carbons (Fsp3) is 0.214. The molecule has 3 rings (SSSR count). The van der Waals surface area contributed by atoms with E-state index in [-0.39, 0.29) is 0 Å². The first-order valence-electron chi connectivity index (χ1n) is 6.43. The minimum absolute atomic E-state index is 0.754. The van der Waals surface area contributed by atoms with Gasteiger partial charge in [-0.3, -0.25) is 9.38 Å². The van der Waals surface area contributed by atoms with E-state index in [9.17, 15) is 0 Å². The van der Waals surface area contributed by atoms with Crippen LogP contribution < -0.4 is 5.32 Å². The summed E-state index contributed by atoms with van der Waals surface area (Å²) < 4.78 is 3.01. The number of halogens is 1. The fourth-order valence-electron chi connectivity index (χ4n) is 1.99. The molecule has 0 fully saturated rings. The average Bonchev–Trinajstić information content (AvgIpc) is 2.89. The second-order valence-corrected chi connectivity index (χ2v) is 5.36. The van der Waals surface area contributed by atoms with Crippen molar-refractivity contribution in [3.63, 3.8) is 0 Å². The predicted octanol–water partition coefficient (Wildman–Crippen LogP) is 2.22. The summed E-state index contributed by atoms with van der Waals surface area (Å²) in [5.74, 6) is 0.969. The summed E-state index contributed by atoms with van der Waals surface area (Å²) in [6.07, 6.45) is 4.63. The SMILES string of the molecule is Brc1ccc(CNCCc2nnc3ccccn23)nc1. The number of nitrogens with zero attached hydrogens (tertiary/aromatic N) is 4. The summed E-state index contributed by atoms with van der Waals surface area (Å²) in [5, 5.41) is 11.7. The monoisotopic (exact) mass is 331 g/mol. The molecule has 0 aromatic carbocycles. The van der Waals surface area contributed by atoms with Crippen LogP contribution in [0.1, 0.15) is 11.5 Å². The molecule has 3 aromatic rings. The number of hydrogen-bond acceptors (Lipinski definition) is 4. The van der Waals surface area contributed by atoms with Crippen molar-refractivity contribution in [2.75, 3.05) is 6.54 Å². The van der Waals surface area contributed by atoms with Gasteiger partial charge in [-0.05, 0) is 40.2 Å². The van der Waals surface area contributed by atoms with Crippen molar-refractivity contribution in [2.45, 2.75) is 13.0 Å². The van der Waals surface area contributed by atoms with E-state index in [0.717, 1.165) is 41.1 Å². The maximum Gasteiger partial charge on any atom is 0.160 e. The number of pyridine rings is 2. The molecule has 0 aliphatic carbocycles. The molecule has 102 valence electrons. The fourth-order valence-corrected chi connectivity index (χ4v) is 2.22. The first kappa shape index (κ1) is 13.2. The Morgan fingerprint density at radius 1 is 1.15 bits per heavy atom. The van der Waals surface area contributed by atoms with Gasteiger partial charge in [0.2, 0.25) is 0 Å². The molecule has 0 radical (unpaired) electrons. The molecule has 0 unspecified atom stereocenters. The lowest BCUT2D eigenvalue weighted by Gasteiger charge is -2.04. The van der Waals surface area contributed by atoms with E-state index in [0.29, 0.717) is 0 Å². The Morgan fingerprint density at radius 3 is 2.95 bits per heavy atom. The molecule has 0 aliphatic rings. The third-order valence-electron chi connectivity index (χ3n) is 3.00. The highest BCUT2D eigenvalue weighted by Crippen LogP contribution is 2.07. The van der Waals surface area contributed by atoms with Crippen LogP contribution in [0.5, 0.6) is 0 Å². The van der Waals surface area contributed by atoms with Gasteiger partial charge in [0, 0.05) is 36.4 Å². The van der Waals surface area contributed by atoms with E-state index in [1.54, 1.807) is 0 Å². The van der Waals surface area contributed by atoms with Crippen LogP contribution in [0.25, 0.3) is 5.65 Å². The largest absolute Gasteiger partial charge is 0.311 e. The van der Waals surface area contributed by atoms with Crippen LogP contribution in [0.4, 0.5) is 0 Å². The molecule has 20 heavy (non-hydrogen) atoms. The first-order chi connectivity index (χ1) is 9.83. The van der Waals surface area contributed by atoms with Crippen LogP contribution in [0.3, 0.4) is 0 Å². The van der Waals surface area contributed by atoms with Crippen LogP contribution in [0.15, 0.2) is 47.2 Å². The molecule has 3 aromatic heterocycles. The van der Waals surface area contributed by atoms with Crippen LogP contribution in [0.2, 0.25) is 0 Å². The number of fused-ring (bicyclic) bond motifs is 1. The van der Waals surface area contributed by atoms with E-state index in [4.69, 9.17) is 0 Å². The topological polar surface area (TPSA) is 55.1 Å². The van der Waals surface area contributed by atoms with Crippen molar-refractivity contribution >= 4 is 21.6 Å². The highest BCUT2D eigenvalue weighted by atomic mass is 79.9. The maximum atomic E-state index is 4.32. The Hall–Kier alpha value is -1.79. The van der Waals surface area contributed by atoms with Crippen LogP contribution in [-0.2, 0) is 13.0 Å². The van der Waals surface area contributed by atoms with E-state index >= 15 is 0 Å². The van der Waals surface area contributed by atoms with E-state index in [1.165, 1.54) is 0 Å².